The molecule has 1 aromatic carbocycles. The van der Waals surface area contributed by atoms with Gasteiger partial charge in [-0.05, 0) is 43.9 Å². The summed E-state index contributed by atoms with van der Waals surface area (Å²) in [4.78, 5) is 73.8. The van der Waals surface area contributed by atoms with E-state index in [0.717, 1.165) is 11.3 Å². The van der Waals surface area contributed by atoms with Crippen molar-refractivity contribution in [1.82, 2.24) is 4.90 Å². The number of carbonyl (C=O) groups excluding carboxylic acids is 3. The maximum atomic E-state index is 14.1. The highest BCUT2D eigenvalue weighted by Gasteiger charge is 2.91. The number of imide groups is 1. The maximum absolute atomic E-state index is 14.1. The summed E-state index contributed by atoms with van der Waals surface area (Å²) in [5.41, 5.74) is -6.91. The molecule has 7 fully saturated rings. The largest absolute Gasteiger partial charge is 0.481 e. The molecular formula is C43H58N2O17. The zero-order valence-corrected chi connectivity index (χ0v) is 35.7. The van der Waals surface area contributed by atoms with Gasteiger partial charge in [0.05, 0.1) is 61.2 Å². The van der Waals surface area contributed by atoms with E-state index in [1.54, 1.807) is 59.6 Å². The molecule has 0 radical (unpaired) electrons. The fourth-order valence-corrected chi connectivity index (χ4v) is 13.9. The number of aliphatic hydroxyl groups is 3. The third-order valence-corrected chi connectivity index (χ3v) is 15.8. The fourth-order valence-electron chi connectivity index (χ4n) is 13.9. The molecule has 2 aliphatic heterocycles. The molecule has 7 aliphatic rings. The first-order valence-corrected chi connectivity index (χ1v) is 21.0. The summed E-state index contributed by atoms with van der Waals surface area (Å²) in [6.45, 7) is 4.95. The van der Waals surface area contributed by atoms with Crippen LogP contribution in [0.25, 0.3) is 0 Å². The van der Waals surface area contributed by atoms with Crippen LogP contribution in [0.4, 0.5) is 5.69 Å². The van der Waals surface area contributed by atoms with Gasteiger partial charge < -0.3 is 54.3 Å². The number of hydrogen-bond donors (Lipinski definition) is 6. The van der Waals surface area contributed by atoms with Gasteiger partial charge >= 0.3 is 23.9 Å². The van der Waals surface area contributed by atoms with Gasteiger partial charge in [-0.3, -0.25) is 24.1 Å². The van der Waals surface area contributed by atoms with Gasteiger partial charge in [-0.15, -0.1) is 0 Å². The van der Waals surface area contributed by atoms with Crippen molar-refractivity contribution in [3.8, 4) is 0 Å². The van der Waals surface area contributed by atoms with E-state index in [2.05, 4.69) is 11.8 Å². The van der Waals surface area contributed by atoms with Crippen molar-refractivity contribution in [2.45, 2.75) is 106 Å². The minimum Gasteiger partial charge on any atom is -0.481 e. The number of para-hydroxylation sites is 1. The molecule has 0 aromatic heterocycles. The average molecular weight is 875 g/mol. The lowest BCUT2D eigenvalue weighted by Crippen LogP contribution is -2.82. The van der Waals surface area contributed by atoms with Crippen LogP contribution in [-0.4, -0.2) is 167 Å². The number of hydrogen-bond acceptors (Lipinski definition) is 15. The molecule has 1 spiro atoms. The smallest absolute Gasteiger partial charge is 0.340 e. The molecule has 2 heterocycles. The van der Waals surface area contributed by atoms with E-state index in [1.807, 2.05) is 0 Å². The normalized spacial score (nSPS) is 40.2. The first-order valence-electron chi connectivity index (χ1n) is 21.0. The van der Waals surface area contributed by atoms with Crippen molar-refractivity contribution in [1.29, 1.82) is 0 Å². The van der Waals surface area contributed by atoms with E-state index in [9.17, 15) is 39.0 Å². The quantitative estimate of drug-likeness (QED) is 0.111. The summed E-state index contributed by atoms with van der Waals surface area (Å²) in [5.74, 6) is -7.49. The third kappa shape index (κ3) is 6.28. The molecule has 5 saturated carbocycles. The minimum absolute atomic E-state index is 0.0358. The van der Waals surface area contributed by atoms with Gasteiger partial charge in [-0.25, -0.2) is 14.5 Å². The van der Waals surface area contributed by atoms with Gasteiger partial charge in [0.25, 0.3) is 0 Å². The number of anilines is 1. The monoisotopic (exact) mass is 874 g/mol. The molecule has 1 aromatic rings. The van der Waals surface area contributed by atoms with E-state index in [0.29, 0.717) is 25.9 Å². The Balaban J connectivity index is 0.000000387. The molecule has 19 heteroatoms. The van der Waals surface area contributed by atoms with Crippen LogP contribution >= 0.6 is 0 Å². The van der Waals surface area contributed by atoms with Crippen molar-refractivity contribution in [2.24, 2.45) is 40.4 Å². The number of fused-ring (bicyclic) bond motifs is 2. The number of rotatable bonds is 14. The SMILES string of the molecule is CCN1C[C@]2(COC(=O)c3ccccc3N3C(=O)C[C@H](C)C3=O)CC[C@H](OC)[C@]34C2[C@H](OC)[C@](O)([C@H]13)[C@@]1(O)C[C@H](OC)[C@H]2C[C@@H]4[C@@H]1[C@H]2OC.O=C(O)CC(O)(CC(=O)O)C(=O)O. The Morgan fingerprint density at radius 1 is 0.935 bits per heavy atom. The van der Waals surface area contributed by atoms with Gasteiger partial charge in [0.2, 0.25) is 11.8 Å². The number of likely N-dealkylation sites (N-methyl/N-ethyl adjacent to an activating group) is 1. The Morgan fingerprint density at radius 2 is 1.60 bits per heavy atom. The Morgan fingerprint density at radius 3 is 2.13 bits per heavy atom. The predicted molar refractivity (Wildman–Crippen MR) is 212 cm³/mol. The van der Waals surface area contributed by atoms with E-state index in [4.69, 9.17) is 44.1 Å². The van der Waals surface area contributed by atoms with Crippen LogP contribution in [0.5, 0.6) is 0 Å². The number of carboxylic acids is 3. The number of carboxylic acid groups (broad SMARTS) is 3. The van der Waals surface area contributed by atoms with Crippen LogP contribution in [0, 0.1) is 40.4 Å². The Hall–Kier alpha value is -4.08. The number of carbonyl (C=O) groups is 6. The van der Waals surface area contributed by atoms with Gasteiger partial charge in [0.15, 0.2) is 5.60 Å². The summed E-state index contributed by atoms with van der Waals surface area (Å²) in [5, 5.41) is 60.4. The minimum atomic E-state index is -2.74. The van der Waals surface area contributed by atoms with Gasteiger partial charge in [-0.2, -0.15) is 0 Å². The van der Waals surface area contributed by atoms with Gasteiger partial charge in [0, 0.05) is 82.3 Å². The van der Waals surface area contributed by atoms with Gasteiger partial charge in [-0.1, -0.05) is 26.0 Å². The van der Waals surface area contributed by atoms with Crippen molar-refractivity contribution in [3.05, 3.63) is 29.8 Å². The molecule has 1 unspecified atom stereocenters. The van der Waals surface area contributed by atoms with Crippen LogP contribution < -0.4 is 4.90 Å². The zero-order valence-electron chi connectivity index (χ0n) is 35.7. The first-order chi connectivity index (χ1) is 29.2. The Bertz CT molecular complexity index is 1980. The maximum Gasteiger partial charge on any atom is 0.340 e. The summed E-state index contributed by atoms with van der Waals surface area (Å²) < 4.78 is 31.4. The number of ether oxygens (including phenoxy) is 5. The van der Waals surface area contributed by atoms with Crippen molar-refractivity contribution in [3.63, 3.8) is 0 Å². The Kier molecular flexibility index (Phi) is 12.0. The molecule has 62 heavy (non-hydrogen) atoms. The lowest BCUT2D eigenvalue weighted by atomic mass is 9.42. The zero-order chi connectivity index (χ0) is 45.5. The second kappa shape index (κ2) is 16.2. The number of methoxy groups -OCH3 is 4. The van der Waals surface area contributed by atoms with Crippen LogP contribution in [0.15, 0.2) is 24.3 Å². The lowest BCUT2D eigenvalue weighted by molar-refractivity contribution is -0.320. The van der Waals surface area contributed by atoms with Crippen molar-refractivity contribution >= 4 is 41.4 Å². The predicted octanol–water partition coefficient (Wildman–Crippen LogP) is 0.787. The van der Waals surface area contributed by atoms with Gasteiger partial charge in [0.1, 0.15) is 11.2 Å². The number of aliphatic carboxylic acids is 3. The number of likely N-dealkylation sites (tertiary alicyclic amines) is 1. The van der Waals surface area contributed by atoms with E-state index in [-0.39, 0.29) is 84.5 Å². The molecule has 6 N–H and O–H groups in total. The Labute approximate surface area is 358 Å². The molecule has 7 bridgehead atoms. The van der Waals surface area contributed by atoms with Crippen LogP contribution in [0.1, 0.15) is 69.2 Å². The number of piperidine rings is 1. The molecule has 2 amide bonds. The number of nitrogens with zero attached hydrogens (tertiary/aromatic N) is 2. The summed E-state index contributed by atoms with van der Waals surface area (Å²) in [7, 11) is 6.70. The second-order valence-electron chi connectivity index (χ2n) is 18.4. The fraction of sp³-hybridized carbons (Fsp3) is 0.721. The lowest BCUT2D eigenvalue weighted by Gasteiger charge is -2.70. The molecule has 2 saturated heterocycles. The molecular weight excluding hydrogens is 816 g/mol. The van der Waals surface area contributed by atoms with Crippen molar-refractivity contribution < 1.29 is 83.1 Å². The van der Waals surface area contributed by atoms with Crippen molar-refractivity contribution in [2.75, 3.05) is 53.0 Å². The van der Waals surface area contributed by atoms with Crippen LogP contribution in [0.3, 0.4) is 0 Å². The van der Waals surface area contributed by atoms with E-state index < -0.39 is 82.4 Å². The molecule has 5 aliphatic carbocycles. The number of amides is 2. The van der Waals surface area contributed by atoms with Crippen LogP contribution in [-0.2, 0) is 47.7 Å². The number of esters is 1. The second-order valence-corrected chi connectivity index (χ2v) is 18.4. The molecule has 19 nitrogen and oxygen atoms in total. The molecule has 8 rings (SSSR count). The van der Waals surface area contributed by atoms with E-state index >= 15 is 0 Å². The van der Waals surface area contributed by atoms with Crippen LogP contribution in [0.2, 0.25) is 0 Å². The highest BCUT2D eigenvalue weighted by Crippen LogP contribution is 2.80. The summed E-state index contributed by atoms with van der Waals surface area (Å²) >= 11 is 0. The molecule has 14 atom stereocenters. The number of benzene rings is 1. The molecule has 342 valence electrons. The highest BCUT2D eigenvalue weighted by atomic mass is 16.5. The topological polar surface area (TPSA) is 276 Å². The highest BCUT2D eigenvalue weighted by molar-refractivity contribution is 6.22. The standard InChI is InChI=1S/C37H50N2O10.C6H8O7/c1-7-38-17-34(18-49-32(42)20-10-8-9-11-23(20)39-26(40)14-19(2)31(39)41)13-12-25(46-4)36-22-15-21-24(45-3)16-35(43,27(22)28(21)47-5)37(44,33(36)38)30(48-6)29(34)36;7-3(8)1-6(13,5(11)12)2-4(9)10/h8-11,19,21-22,24-25,27-30,33,43-44H,7,12-18H2,1-6H3;13H,1-2H2,(H,7,8)(H,9,10)(H,11,12)/t19-,21+,22+,24-,25-,27+,28-,29?,30-,33+,34-,35+,36+,37-;/m0./s1. The average Bonchev–Trinajstić information content (AvgIpc) is 3.75. The summed E-state index contributed by atoms with van der Waals surface area (Å²) in [6, 6.07) is 6.12. The third-order valence-electron chi connectivity index (χ3n) is 15.8. The first kappa shape index (κ1) is 45.9. The van der Waals surface area contributed by atoms with E-state index in [1.165, 1.54) is 0 Å². The summed E-state index contributed by atoms with van der Waals surface area (Å²) in [6.07, 6.45) is -1.48.